The Morgan fingerprint density at radius 3 is 2.03 bits per heavy atom. The largest absolute Gasteiger partial charge is 0.322 e. The van der Waals surface area contributed by atoms with Crippen LogP contribution >= 0.6 is 0 Å². The average molecular weight is 468 g/mol. The highest BCUT2D eigenvalue weighted by Gasteiger charge is 2.16. The summed E-state index contributed by atoms with van der Waals surface area (Å²) in [6, 6.07) is 29.3. The molecule has 0 aromatic heterocycles. The number of nitriles is 1. The molecule has 0 aliphatic carbocycles. The lowest BCUT2D eigenvalue weighted by Gasteiger charge is -2.12. The molecule has 0 aliphatic rings. The smallest absolute Gasteiger partial charge is 0.261 e. The maximum atomic E-state index is 13.0. The van der Waals surface area contributed by atoms with Crippen molar-refractivity contribution in [3.63, 3.8) is 0 Å². The van der Waals surface area contributed by atoms with E-state index in [-0.39, 0.29) is 10.8 Å². The van der Waals surface area contributed by atoms with E-state index in [1.807, 2.05) is 19.1 Å². The van der Waals surface area contributed by atoms with Crippen LogP contribution in [0.5, 0.6) is 0 Å². The molecule has 4 aromatic rings. The van der Waals surface area contributed by atoms with Gasteiger partial charge in [-0.05, 0) is 61.0 Å². The highest BCUT2D eigenvalue weighted by atomic mass is 32.2. The molecule has 0 bridgehead atoms. The fourth-order valence-corrected chi connectivity index (χ4v) is 4.54. The van der Waals surface area contributed by atoms with Gasteiger partial charge in [0, 0.05) is 22.5 Å². The zero-order chi connectivity index (χ0) is 24.1. The number of rotatable bonds is 6. The molecule has 0 spiro atoms. The first kappa shape index (κ1) is 22.8. The predicted octanol–water partition coefficient (Wildman–Crippen LogP) is 5.59. The molecule has 0 saturated heterocycles. The first-order chi connectivity index (χ1) is 16.4. The van der Waals surface area contributed by atoms with Crippen molar-refractivity contribution in [2.24, 2.45) is 0 Å². The predicted molar refractivity (Wildman–Crippen MR) is 133 cm³/mol. The summed E-state index contributed by atoms with van der Waals surface area (Å²) in [4.78, 5) is 13.2. The molecular weight excluding hydrogens is 446 g/mol. The molecule has 0 aliphatic heterocycles. The van der Waals surface area contributed by atoms with Gasteiger partial charge < -0.3 is 5.32 Å². The maximum absolute atomic E-state index is 13.0. The van der Waals surface area contributed by atoms with Crippen LogP contribution in [0.3, 0.4) is 0 Å². The van der Waals surface area contributed by atoms with E-state index in [0.717, 1.165) is 5.56 Å². The van der Waals surface area contributed by atoms with Gasteiger partial charge in [0.2, 0.25) is 0 Å². The van der Waals surface area contributed by atoms with E-state index in [4.69, 9.17) is 0 Å². The molecule has 4 rings (SSSR count). The highest BCUT2D eigenvalue weighted by molar-refractivity contribution is 7.92. The fourth-order valence-electron chi connectivity index (χ4n) is 3.48. The number of sulfonamides is 1. The van der Waals surface area contributed by atoms with Crippen molar-refractivity contribution in [3.8, 4) is 17.2 Å². The number of benzene rings is 4. The van der Waals surface area contributed by atoms with Crippen LogP contribution in [0, 0.1) is 18.3 Å². The number of hydrogen-bond acceptors (Lipinski definition) is 4. The number of anilines is 2. The number of nitrogens with zero attached hydrogens (tertiary/aromatic N) is 1. The Hall–Kier alpha value is -4.41. The summed E-state index contributed by atoms with van der Waals surface area (Å²) in [7, 11) is -3.72. The number of amides is 1. The Balaban J connectivity index is 1.52. The van der Waals surface area contributed by atoms with Gasteiger partial charge in [-0.3, -0.25) is 9.52 Å². The molecule has 4 aromatic carbocycles. The van der Waals surface area contributed by atoms with Gasteiger partial charge in [-0.1, -0.05) is 54.1 Å². The lowest BCUT2D eigenvalue weighted by Crippen LogP contribution is -2.14. The van der Waals surface area contributed by atoms with E-state index < -0.39 is 10.0 Å². The van der Waals surface area contributed by atoms with Crippen molar-refractivity contribution in [1.82, 2.24) is 0 Å². The van der Waals surface area contributed by atoms with Crippen LogP contribution in [0.25, 0.3) is 11.1 Å². The number of hydrogen-bond donors (Lipinski definition) is 2. The van der Waals surface area contributed by atoms with Crippen molar-refractivity contribution >= 4 is 27.3 Å². The fraction of sp³-hybridized carbons (Fsp3) is 0.0370. The molecule has 2 N–H and O–H groups in total. The molecule has 0 radical (unpaired) electrons. The first-order valence-electron chi connectivity index (χ1n) is 10.5. The van der Waals surface area contributed by atoms with Crippen LogP contribution < -0.4 is 10.0 Å². The molecule has 6 nitrogen and oxygen atoms in total. The van der Waals surface area contributed by atoms with Crippen molar-refractivity contribution in [3.05, 3.63) is 114 Å². The topological polar surface area (TPSA) is 99.1 Å². The third-order valence-corrected chi connectivity index (χ3v) is 6.63. The zero-order valence-electron chi connectivity index (χ0n) is 18.3. The molecule has 0 atom stereocenters. The van der Waals surface area contributed by atoms with E-state index in [1.54, 1.807) is 84.9 Å². The minimum atomic E-state index is -3.72. The van der Waals surface area contributed by atoms with Crippen LogP contribution in [0.4, 0.5) is 11.4 Å². The molecule has 0 unspecified atom stereocenters. The summed E-state index contributed by atoms with van der Waals surface area (Å²) in [5.74, 6) is -0.337. The lowest BCUT2D eigenvalue weighted by molar-refractivity contribution is 0.102. The molecular formula is C27H21N3O3S. The van der Waals surface area contributed by atoms with Gasteiger partial charge in [0.1, 0.15) is 0 Å². The van der Waals surface area contributed by atoms with Crippen LogP contribution in [-0.4, -0.2) is 14.3 Å². The van der Waals surface area contributed by atoms with E-state index in [9.17, 15) is 18.5 Å². The van der Waals surface area contributed by atoms with Crippen molar-refractivity contribution in [2.45, 2.75) is 11.8 Å². The van der Waals surface area contributed by atoms with Crippen molar-refractivity contribution < 1.29 is 13.2 Å². The quantitative estimate of drug-likeness (QED) is 0.386. The van der Waals surface area contributed by atoms with Gasteiger partial charge in [-0.15, -0.1) is 0 Å². The van der Waals surface area contributed by atoms with Crippen LogP contribution in [-0.2, 0) is 10.0 Å². The molecule has 0 fully saturated rings. The van der Waals surface area contributed by atoms with Crippen LogP contribution in [0.2, 0.25) is 0 Å². The van der Waals surface area contributed by atoms with Crippen molar-refractivity contribution in [1.29, 1.82) is 5.26 Å². The summed E-state index contributed by atoms with van der Waals surface area (Å²) in [6.07, 6.45) is 0. The Morgan fingerprint density at radius 1 is 0.765 bits per heavy atom. The van der Waals surface area contributed by atoms with Crippen LogP contribution in [0.1, 0.15) is 21.5 Å². The molecule has 0 saturated carbocycles. The van der Waals surface area contributed by atoms with Gasteiger partial charge in [-0.25, -0.2) is 8.42 Å². The third-order valence-electron chi connectivity index (χ3n) is 5.24. The molecule has 34 heavy (non-hydrogen) atoms. The number of nitrogens with one attached hydrogen (secondary N) is 2. The highest BCUT2D eigenvalue weighted by Crippen LogP contribution is 2.28. The summed E-state index contributed by atoms with van der Waals surface area (Å²) >= 11 is 0. The number of carbonyl (C=O) groups is 1. The maximum Gasteiger partial charge on any atom is 0.261 e. The Kier molecular flexibility index (Phi) is 6.44. The zero-order valence-corrected chi connectivity index (χ0v) is 19.1. The summed E-state index contributed by atoms with van der Waals surface area (Å²) in [5, 5.41) is 12.3. The second kappa shape index (κ2) is 9.61. The first-order valence-corrected chi connectivity index (χ1v) is 11.9. The van der Waals surface area contributed by atoms with E-state index in [0.29, 0.717) is 33.6 Å². The Morgan fingerprint density at radius 2 is 1.35 bits per heavy atom. The average Bonchev–Trinajstić information content (AvgIpc) is 2.85. The monoisotopic (exact) mass is 467 g/mol. The SMILES string of the molecule is Cc1ccc(S(=O)(=O)Nc2ccc(NC(=O)c3ccccc3-c3ccccc3C#N)cc2)cc1. The van der Waals surface area contributed by atoms with Gasteiger partial charge in [0.25, 0.3) is 15.9 Å². The summed E-state index contributed by atoms with van der Waals surface area (Å²) in [6.45, 7) is 1.89. The van der Waals surface area contributed by atoms with Crippen LogP contribution in [0.15, 0.2) is 102 Å². The number of carbonyl (C=O) groups excluding carboxylic acids is 1. The molecule has 168 valence electrons. The summed E-state index contributed by atoms with van der Waals surface area (Å²) < 4.78 is 27.7. The van der Waals surface area contributed by atoms with Gasteiger partial charge >= 0.3 is 0 Å². The molecule has 7 heteroatoms. The second-order valence-electron chi connectivity index (χ2n) is 7.65. The van der Waals surface area contributed by atoms with Gasteiger partial charge in [0.15, 0.2) is 0 Å². The van der Waals surface area contributed by atoms with E-state index in [2.05, 4.69) is 16.1 Å². The standard InChI is InChI=1S/C27H21N3O3S/c1-19-10-16-23(17-11-19)34(32,33)30-22-14-12-21(13-15-22)29-27(31)26-9-5-4-8-25(26)24-7-3-2-6-20(24)18-28/h2-17,30H,1H3,(H,29,31). The minimum absolute atomic E-state index is 0.171. The normalized spacial score (nSPS) is 10.8. The number of aryl methyl sites for hydroxylation is 1. The van der Waals surface area contributed by atoms with E-state index in [1.165, 1.54) is 0 Å². The van der Waals surface area contributed by atoms with Gasteiger partial charge in [-0.2, -0.15) is 5.26 Å². The minimum Gasteiger partial charge on any atom is -0.322 e. The third kappa shape index (κ3) is 4.98. The van der Waals surface area contributed by atoms with Gasteiger partial charge in [0.05, 0.1) is 16.5 Å². The molecule has 1 amide bonds. The van der Waals surface area contributed by atoms with Crippen molar-refractivity contribution in [2.75, 3.05) is 10.0 Å². The Bertz CT molecular complexity index is 1490. The second-order valence-corrected chi connectivity index (χ2v) is 9.34. The lowest BCUT2D eigenvalue weighted by atomic mass is 9.95. The Labute approximate surface area is 198 Å². The van der Waals surface area contributed by atoms with E-state index >= 15 is 0 Å². The molecule has 0 heterocycles. The summed E-state index contributed by atoms with van der Waals surface area (Å²) in [5.41, 5.74) is 4.09.